The van der Waals surface area contributed by atoms with E-state index in [4.69, 9.17) is 16.0 Å². The first-order valence-electron chi connectivity index (χ1n) is 9.55. The standard InChI is InChI=1S/C24H16ClNO4S/c1-13-9-10-31-23(13)20-19(22(28)24(29)26(20)16-5-3-2-4-6-16)21(27)18-12-14-11-15(25)7-8-17(14)30-18/h2-12,20,28H,1H3. The summed E-state index contributed by atoms with van der Waals surface area (Å²) in [6.07, 6.45) is 0. The normalized spacial score (nSPS) is 16.5. The molecule has 0 radical (unpaired) electrons. The molecule has 2 aromatic heterocycles. The quantitative estimate of drug-likeness (QED) is 0.374. The smallest absolute Gasteiger partial charge is 0.294 e. The first-order valence-corrected chi connectivity index (χ1v) is 10.8. The van der Waals surface area contributed by atoms with Gasteiger partial charge in [0.15, 0.2) is 11.5 Å². The van der Waals surface area contributed by atoms with E-state index < -0.39 is 23.5 Å². The monoisotopic (exact) mass is 449 g/mol. The average molecular weight is 450 g/mol. The topological polar surface area (TPSA) is 70.7 Å². The summed E-state index contributed by atoms with van der Waals surface area (Å²) in [5.41, 5.74) is 2.03. The molecule has 154 valence electrons. The molecule has 5 nitrogen and oxygen atoms in total. The van der Waals surface area contributed by atoms with Gasteiger partial charge in [0.2, 0.25) is 5.78 Å². The number of para-hydroxylation sites is 1. The van der Waals surface area contributed by atoms with Gasteiger partial charge in [0.25, 0.3) is 5.91 Å². The third-order valence-corrected chi connectivity index (χ3v) is 6.65. The van der Waals surface area contributed by atoms with Crippen LogP contribution < -0.4 is 4.90 Å². The molecule has 0 fully saturated rings. The lowest BCUT2D eigenvalue weighted by molar-refractivity contribution is -0.117. The Hall–Kier alpha value is -3.35. The Kier molecular flexibility index (Phi) is 4.68. The Morgan fingerprint density at radius 1 is 1.13 bits per heavy atom. The van der Waals surface area contributed by atoms with Gasteiger partial charge in [0, 0.05) is 21.0 Å². The second-order valence-electron chi connectivity index (χ2n) is 7.27. The number of carbonyl (C=O) groups excluding carboxylic acids is 2. The Balaban J connectivity index is 1.66. The lowest BCUT2D eigenvalue weighted by atomic mass is 9.98. The number of thiophene rings is 1. The van der Waals surface area contributed by atoms with Gasteiger partial charge in [0.1, 0.15) is 11.6 Å². The number of nitrogens with zero attached hydrogens (tertiary/aromatic N) is 1. The molecule has 0 spiro atoms. The second kappa shape index (κ2) is 7.41. The summed E-state index contributed by atoms with van der Waals surface area (Å²) in [5, 5.41) is 13.9. The number of halogens is 1. The van der Waals surface area contributed by atoms with Crippen molar-refractivity contribution in [1.82, 2.24) is 0 Å². The number of ketones is 1. The third kappa shape index (κ3) is 3.15. The van der Waals surface area contributed by atoms with E-state index >= 15 is 0 Å². The maximum atomic E-state index is 13.5. The number of rotatable bonds is 4. The maximum absolute atomic E-state index is 13.5. The number of furan rings is 1. The van der Waals surface area contributed by atoms with Crippen LogP contribution in [0.15, 0.2) is 81.8 Å². The molecule has 1 aliphatic heterocycles. The molecule has 0 saturated heterocycles. The number of aryl methyl sites for hydroxylation is 1. The molecule has 31 heavy (non-hydrogen) atoms. The molecular formula is C24H16ClNO4S. The SMILES string of the molecule is Cc1ccsc1C1C(C(=O)c2cc3cc(Cl)ccc3o2)=C(O)C(=O)N1c1ccccc1. The van der Waals surface area contributed by atoms with Crippen molar-refractivity contribution in [2.24, 2.45) is 0 Å². The van der Waals surface area contributed by atoms with Crippen molar-refractivity contribution in [2.45, 2.75) is 13.0 Å². The lowest BCUT2D eigenvalue weighted by Crippen LogP contribution is -2.30. The van der Waals surface area contributed by atoms with Crippen LogP contribution in [-0.2, 0) is 4.79 Å². The number of aliphatic hydroxyl groups is 1. The molecule has 7 heteroatoms. The molecular weight excluding hydrogens is 434 g/mol. The third-order valence-electron chi connectivity index (χ3n) is 5.34. The molecule has 4 aromatic rings. The van der Waals surface area contributed by atoms with E-state index in [1.54, 1.807) is 48.5 Å². The highest BCUT2D eigenvalue weighted by atomic mass is 35.5. The van der Waals surface area contributed by atoms with Gasteiger partial charge in [-0.1, -0.05) is 29.8 Å². The predicted octanol–water partition coefficient (Wildman–Crippen LogP) is 6.24. The van der Waals surface area contributed by atoms with E-state index in [-0.39, 0.29) is 11.3 Å². The van der Waals surface area contributed by atoms with E-state index in [1.165, 1.54) is 16.2 Å². The number of anilines is 1. The molecule has 1 unspecified atom stereocenters. The number of carbonyl (C=O) groups is 2. The Bertz CT molecular complexity index is 1370. The molecule has 5 rings (SSSR count). The van der Waals surface area contributed by atoms with Crippen LogP contribution in [0.3, 0.4) is 0 Å². The minimum atomic E-state index is -0.751. The summed E-state index contributed by atoms with van der Waals surface area (Å²) in [4.78, 5) is 28.9. The molecule has 3 heterocycles. The number of benzene rings is 2. The van der Waals surface area contributed by atoms with E-state index in [0.717, 1.165) is 10.4 Å². The van der Waals surface area contributed by atoms with E-state index in [2.05, 4.69) is 0 Å². The second-order valence-corrected chi connectivity index (χ2v) is 8.65. The van der Waals surface area contributed by atoms with Gasteiger partial charge < -0.3 is 9.52 Å². The fraction of sp³-hybridized carbons (Fsp3) is 0.0833. The average Bonchev–Trinajstić information content (AvgIpc) is 3.44. The molecule has 1 N–H and O–H groups in total. The predicted molar refractivity (Wildman–Crippen MR) is 121 cm³/mol. The van der Waals surface area contributed by atoms with Gasteiger partial charge in [-0.05, 0) is 60.3 Å². The zero-order chi connectivity index (χ0) is 21.7. The fourth-order valence-corrected chi connectivity index (χ4v) is 5.07. The molecule has 0 aliphatic carbocycles. The van der Waals surface area contributed by atoms with Crippen LogP contribution in [0.2, 0.25) is 5.02 Å². The van der Waals surface area contributed by atoms with Crippen molar-refractivity contribution in [3.63, 3.8) is 0 Å². The van der Waals surface area contributed by atoms with Crippen LogP contribution >= 0.6 is 22.9 Å². The minimum Gasteiger partial charge on any atom is -0.503 e. The van der Waals surface area contributed by atoms with Gasteiger partial charge in [-0.15, -0.1) is 11.3 Å². The zero-order valence-corrected chi connectivity index (χ0v) is 17.9. The highest BCUT2D eigenvalue weighted by molar-refractivity contribution is 7.10. The number of Topliss-reactive ketones (excluding diaryl/α,β-unsaturated/α-hetero) is 1. The lowest BCUT2D eigenvalue weighted by Gasteiger charge is -2.26. The van der Waals surface area contributed by atoms with E-state index in [9.17, 15) is 14.7 Å². The summed E-state index contributed by atoms with van der Waals surface area (Å²) in [5.74, 6) is -1.67. The van der Waals surface area contributed by atoms with Gasteiger partial charge in [-0.3, -0.25) is 14.5 Å². The van der Waals surface area contributed by atoms with Crippen molar-refractivity contribution >= 4 is 51.3 Å². The maximum Gasteiger partial charge on any atom is 0.294 e. The Morgan fingerprint density at radius 2 is 1.90 bits per heavy atom. The molecule has 0 bridgehead atoms. The van der Waals surface area contributed by atoms with Gasteiger partial charge >= 0.3 is 0 Å². The first-order chi connectivity index (χ1) is 15.0. The number of fused-ring (bicyclic) bond motifs is 1. The Labute approximate surface area is 186 Å². The van der Waals surface area contributed by atoms with Crippen LogP contribution in [0.25, 0.3) is 11.0 Å². The number of hydrogen-bond acceptors (Lipinski definition) is 5. The molecule has 0 saturated carbocycles. The van der Waals surface area contributed by atoms with Crippen LogP contribution in [0.1, 0.15) is 27.0 Å². The van der Waals surface area contributed by atoms with Crippen molar-refractivity contribution in [3.05, 3.63) is 98.6 Å². The highest BCUT2D eigenvalue weighted by Crippen LogP contribution is 2.44. The Morgan fingerprint density at radius 3 is 2.61 bits per heavy atom. The summed E-state index contributed by atoms with van der Waals surface area (Å²) >= 11 is 7.48. The first kappa shape index (κ1) is 19.6. The molecule has 1 atom stereocenters. The van der Waals surface area contributed by atoms with Crippen molar-refractivity contribution < 1.29 is 19.1 Å². The molecule has 2 aromatic carbocycles. The van der Waals surface area contributed by atoms with Gasteiger partial charge in [-0.25, -0.2) is 0 Å². The zero-order valence-electron chi connectivity index (χ0n) is 16.3. The summed E-state index contributed by atoms with van der Waals surface area (Å²) in [6.45, 7) is 1.92. The largest absolute Gasteiger partial charge is 0.503 e. The van der Waals surface area contributed by atoms with Crippen molar-refractivity contribution in [1.29, 1.82) is 0 Å². The fourth-order valence-electron chi connectivity index (χ4n) is 3.86. The van der Waals surface area contributed by atoms with Crippen molar-refractivity contribution in [3.8, 4) is 0 Å². The van der Waals surface area contributed by atoms with Gasteiger partial charge in [0.05, 0.1) is 5.57 Å². The molecule has 1 amide bonds. The summed E-state index contributed by atoms with van der Waals surface area (Å²) in [6, 6.07) is 16.8. The summed E-state index contributed by atoms with van der Waals surface area (Å²) in [7, 11) is 0. The van der Waals surface area contributed by atoms with Crippen molar-refractivity contribution in [2.75, 3.05) is 4.90 Å². The number of amides is 1. The van der Waals surface area contributed by atoms with Gasteiger partial charge in [-0.2, -0.15) is 0 Å². The van der Waals surface area contributed by atoms with Crippen LogP contribution in [-0.4, -0.2) is 16.8 Å². The van der Waals surface area contributed by atoms with Crippen LogP contribution in [0.4, 0.5) is 5.69 Å². The summed E-state index contributed by atoms with van der Waals surface area (Å²) < 4.78 is 5.74. The van der Waals surface area contributed by atoms with Crippen LogP contribution in [0.5, 0.6) is 0 Å². The highest BCUT2D eigenvalue weighted by Gasteiger charge is 2.46. The minimum absolute atomic E-state index is 0.00422. The van der Waals surface area contributed by atoms with Crippen LogP contribution in [0, 0.1) is 6.92 Å². The van der Waals surface area contributed by atoms with E-state index in [1.807, 2.05) is 24.4 Å². The number of aliphatic hydroxyl groups excluding tert-OH is 1. The number of hydrogen-bond donors (Lipinski definition) is 1. The molecule has 1 aliphatic rings. The van der Waals surface area contributed by atoms with E-state index in [0.29, 0.717) is 21.7 Å².